The van der Waals surface area contributed by atoms with E-state index in [1.165, 1.54) is 6.07 Å². The smallest absolute Gasteiger partial charge is 0.251 e. The number of nitrogens with one attached hydrogen (secondary N) is 2. The van der Waals surface area contributed by atoms with Crippen LogP contribution in [-0.2, 0) is 4.79 Å². The first kappa shape index (κ1) is 12.9. The number of benzene rings is 1. The third-order valence-corrected chi connectivity index (χ3v) is 3.47. The van der Waals surface area contributed by atoms with Crippen molar-refractivity contribution < 1.29 is 14.7 Å². The molecular formula is C12H13BrN2O3. The fraction of sp³-hybridized carbons (Fsp3) is 0.333. The van der Waals surface area contributed by atoms with E-state index in [1.807, 2.05) is 0 Å². The minimum Gasteiger partial charge on any atom is -0.507 e. The van der Waals surface area contributed by atoms with Crippen molar-refractivity contribution in [2.75, 3.05) is 6.54 Å². The minimum absolute atomic E-state index is 0.00509. The molecule has 1 atom stereocenters. The van der Waals surface area contributed by atoms with Gasteiger partial charge in [-0.15, -0.1) is 0 Å². The second kappa shape index (κ2) is 5.39. The van der Waals surface area contributed by atoms with E-state index in [9.17, 15) is 14.7 Å². The van der Waals surface area contributed by atoms with Crippen molar-refractivity contribution >= 4 is 27.7 Å². The van der Waals surface area contributed by atoms with Crippen molar-refractivity contribution in [1.82, 2.24) is 10.6 Å². The van der Waals surface area contributed by atoms with Crippen LogP contribution in [0.15, 0.2) is 22.7 Å². The van der Waals surface area contributed by atoms with Gasteiger partial charge in [0.25, 0.3) is 5.91 Å². The highest BCUT2D eigenvalue weighted by molar-refractivity contribution is 9.10. The number of hydrogen-bond acceptors (Lipinski definition) is 3. The summed E-state index contributed by atoms with van der Waals surface area (Å²) in [5, 5.41) is 15.0. The number of halogens is 1. The molecule has 2 rings (SSSR count). The zero-order valence-electron chi connectivity index (χ0n) is 9.57. The van der Waals surface area contributed by atoms with Crippen LogP contribution < -0.4 is 10.6 Å². The lowest BCUT2D eigenvalue weighted by Gasteiger charge is -2.11. The molecule has 1 aromatic carbocycles. The van der Waals surface area contributed by atoms with Gasteiger partial charge in [-0.25, -0.2) is 0 Å². The van der Waals surface area contributed by atoms with Crippen molar-refractivity contribution in [3.8, 4) is 5.75 Å². The van der Waals surface area contributed by atoms with Crippen LogP contribution in [0.1, 0.15) is 23.2 Å². The predicted octanol–water partition coefficient (Wildman–Crippen LogP) is 1.16. The number of phenols is 1. The lowest BCUT2D eigenvalue weighted by Crippen LogP contribution is -2.38. The van der Waals surface area contributed by atoms with E-state index in [4.69, 9.17) is 0 Å². The summed E-state index contributed by atoms with van der Waals surface area (Å²) >= 11 is 3.15. The summed E-state index contributed by atoms with van der Waals surface area (Å²) in [6.07, 6.45) is 1.25. The molecule has 0 aliphatic carbocycles. The Morgan fingerprint density at radius 1 is 1.56 bits per heavy atom. The molecular weight excluding hydrogens is 300 g/mol. The molecule has 1 heterocycles. The van der Waals surface area contributed by atoms with Crippen molar-refractivity contribution in [3.63, 3.8) is 0 Å². The molecule has 2 amide bonds. The molecule has 3 N–H and O–H groups in total. The summed E-state index contributed by atoms with van der Waals surface area (Å²) in [6.45, 7) is 0.404. The van der Waals surface area contributed by atoms with E-state index in [-0.39, 0.29) is 23.6 Å². The van der Waals surface area contributed by atoms with Gasteiger partial charge in [0.15, 0.2) is 0 Å². The predicted molar refractivity (Wildman–Crippen MR) is 69.3 cm³/mol. The zero-order chi connectivity index (χ0) is 13.1. The molecule has 1 fully saturated rings. The molecule has 0 aromatic heterocycles. The van der Waals surface area contributed by atoms with Gasteiger partial charge in [-0.3, -0.25) is 9.59 Å². The average Bonchev–Trinajstić information content (AvgIpc) is 2.75. The Kier molecular flexibility index (Phi) is 3.86. The number of amides is 2. The normalized spacial score (nSPS) is 18.5. The molecule has 0 radical (unpaired) electrons. The lowest BCUT2D eigenvalue weighted by atomic mass is 10.2. The maximum Gasteiger partial charge on any atom is 0.251 e. The van der Waals surface area contributed by atoms with Gasteiger partial charge in [-0.2, -0.15) is 0 Å². The topological polar surface area (TPSA) is 78.4 Å². The largest absolute Gasteiger partial charge is 0.507 e. The Labute approximate surface area is 113 Å². The Balaban J connectivity index is 1.91. The van der Waals surface area contributed by atoms with Crippen LogP contribution in [0.25, 0.3) is 0 Å². The molecule has 0 saturated carbocycles. The highest BCUT2D eigenvalue weighted by atomic mass is 79.9. The van der Waals surface area contributed by atoms with E-state index in [0.717, 1.165) is 6.42 Å². The molecule has 1 aliphatic heterocycles. The summed E-state index contributed by atoms with van der Waals surface area (Å²) in [4.78, 5) is 22.8. The minimum atomic E-state index is -0.265. The standard InChI is InChI=1S/C12H13BrN2O3/c13-9-3-1-7(5-10(9)16)12(18)14-6-8-2-4-11(17)15-8/h1,3,5,8,16H,2,4,6H2,(H,14,18)(H,15,17). The number of carbonyl (C=O) groups excluding carboxylic acids is 2. The molecule has 0 bridgehead atoms. The van der Waals surface area contributed by atoms with Crippen molar-refractivity contribution in [1.29, 1.82) is 0 Å². The van der Waals surface area contributed by atoms with Crippen LogP contribution in [0.4, 0.5) is 0 Å². The Hall–Kier alpha value is -1.56. The van der Waals surface area contributed by atoms with Crippen LogP contribution >= 0.6 is 15.9 Å². The second-order valence-electron chi connectivity index (χ2n) is 4.18. The van der Waals surface area contributed by atoms with Gasteiger partial charge in [-0.05, 0) is 40.5 Å². The summed E-state index contributed by atoms with van der Waals surface area (Å²) in [5.74, 6) is -0.216. The third kappa shape index (κ3) is 3.01. The van der Waals surface area contributed by atoms with Gasteiger partial charge < -0.3 is 15.7 Å². The molecule has 96 valence electrons. The maximum absolute atomic E-state index is 11.8. The highest BCUT2D eigenvalue weighted by Gasteiger charge is 2.21. The van der Waals surface area contributed by atoms with Gasteiger partial charge in [0.1, 0.15) is 5.75 Å². The van der Waals surface area contributed by atoms with E-state index >= 15 is 0 Å². The van der Waals surface area contributed by atoms with Crippen LogP contribution in [0, 0.1) is 0 Å². The Bertz CT molecular complexity index is 490. The lowest BCUT2D eigenvalue weighted by molar-refractivity contribution is -0.119. The molecule has 18 heavy (non-hydrogen) atoms. The quantitative estimate of drug-likeness (QED) is 0.784. The van der Waals surface area contributed by atoms with Gasteiger partial charge in [0, 0.05) is 24.6 Å². The first-order chi connectivity index (χ1) is 8.56. The van der Waals surface area contributed by atoms with Crippen molar-refractivity contribution in [2.24, 2.45) is 0 Å². The van der Waals surface area contributed by atoms with E-state index in [2.05, 4.69) is 26.6 Å². The molecule has 5 nitrogen and oxygen atoms in total. The number of hydrogen-bond donors (Lipinski definition) is 3. The second-order valence-corrected chi connectivity index (χ2v) is 5.03. The third-order valence-electron chi connectivity index (χ3n) is 2.80. The van der Waals surface area contributed by atoms with Gasteiger partial charge in [0.05, 0.1) is 4.47 Å². The first-order valence-electron chi connectivity index (χ1n) is 5.62. The molecule has 1 aromatic rings. The van der Waals surface area contributed by atoms with Crippen molar-refractivity contribution in [2.45, 2.75) is 18.9 Å². The van der Waals surface area contributed by atoms with E-state index in [0.29, 0.717) is 23.0 Å². The summed E-state index contributed by atoms with van der Waals surface area (Å²) in [6, 6.07) is 4.63. The Morgan fingerprint density at radius 2 is 2.33 bits per heavy atom. The monoisotopic (exact) mass is 312 g/mol. The summed E-state index contributed by atoms with van der Waals surface area (Å²) < 4.78 is 0.544. The number of carbonyl (C=O) groups is 2. The van der Waals surface area contributed by atoms with Gasteiger partial charge >= 0.3 is 0 Å². The van der Waals surface area contributed by atoms with Crippen LogP contribution in [0.2, 0.25) is 0 Å². The van der Waals surface area contributed by atoms with Crippen LogP contribution in [0.5, 0.6) is 5.75 Å². The molecule has 0 spiro atoms. The number of phenolic OH excluding ortho intramolecular Hbond substituents is 1. The molecule has 1 unspecified atom stereocenters. The maximum atomic E-state index is 11.8. The fourth-order valence-electron chi connectivity index (χ4n) is 1.80. The molecule has 6 heteroatoms. The van der Waals surface area contributed by atoms with Gasteiger partial charge in [0.2, 0.25) is 5.91 Å². The van der Waals surface area contributed by atoms with Crippen molar-refractivity contribution in [3.05, 3.63) is 28.2 Å². The number of rotatable bonds is 3. The Morgan fingerprint density at radius 3 is 2.94 bits per heavy atom. The highest BCUT2D eigenvalue weighted by Crippen LogP contribution is 2.24. The number of aromatic hydroxyl groups is 1. The zero-order valence-corrected chi connectivity index (χ0v) is 11.2. The van der Waals surface area contributed by atoms with E-state index < -0.39 is 0 Å². The summed E-state index contributed by atoms with van der Waals surface area (Å²) in [7, 11) is 0. The first-order valence-corrected chi connectivity index (χ1v) is 6.41. The fourth-order valence-corrected chi connectivity index (χ4v) is 2.05. The molecule has 1 saturated heterocycles. The summed E-state index contributed by atoms with van der Waals surface area (Å²) in [5.41, 5.74) is 0.389. The van der Waals surface area contributed by atoms with E-state index in [1.54, 1.807) is 12.1 Å². The SMILES string of the molecule is O=C1CCC(CNC(=O)c2ccc(Br)c(O)c2)N1. The molecule has 1 aliphatic rings. The average molecular weight is 313 g/mol. The van der Waals surface area contributed by atoms with Crippen LogP contribution in [-0.4, -0.2) is 29.5 Å². The van der Waals surface area contributed by atoms with Crippen LogP contribution in [0.3, 0.4) is 0 Å². The van der Waals surface area contributed by atoms with Gasteiger partial charge in [-0.1, -0.05) is 0 Å².